The number of hydrogen-bond acceptors (Lipinski definition) is 7. The highest BCUT2D eigenvalue weighted by Gasteiger charge is 2.51. The van der Waals surface area contributed by atoms with E-state index in [0.29, 0.717) is 38.6 Å². The van der Waals surface area contributed by atoms with Gasteiger partial charge >= 0.3 is 6.03 Å². The van der Waals surface area contributed by atoms with E-state index >= 15 is 0 Å². The molecule has 4 heterocycles. The third kappa shape index (κ3) is 3.65. The van der Waals surface area contributed by atoms with Crippen LogP contribution in [0.4, 0.5) is 4.79 Å². The van der Waals surface area contributed by atoms with Crippen molar-refractivity contribution in [2.75, 3.05) is 53.4 Å². The molecule has 0 N–H and O–H groups in total. The van der Waals surface area contributed by atoms with Crippen molar-refractivity contribution < 1.29 is 23.8 Å². The average Bonchev–Trinajstić information content (AvgIpc) is 3.41. The molecule has 1 unspecified atom stereocenters. The molecular formula is C19H23N6O4S+. The van der Waals surface area contributed by atoms with Gasteiger partial charge in [-0.15, -0.1) is 11.3 Å². The molecule has 158 valence electrons. The van der Waals surface area contributed by atoms with Gasteiger partial charge in [0.15, 0.2) is 12.3 Å². The normalized spacial score (nSPS) is 22.2. The van der Waals surface area contributed by atoms with E-state index in [0.717, 1.165) is 9.78 Å². The Morgan fingerprint density at radius 2 is 1.90 bits per heavy atom. The molecule has 3 aliphatic rings. The molecule has 0 saturated carbocycles. The molecule has 0 radical (unpaired) electrons. The number of likely N-dealkylation sites (N-methyl/N-ethyl adjacent to an activating group) is 2. The van der Waals surface area contributed by atoms with E-state index in [1.54, 1.807) is 16.5 Å². The molecule has 4 amide bonds. The van der Waals surface area contributed by atoms with E-state index in [2.05, 4.69) is 9.89 Å². The smallest absolute Gasteiger partial charge is 0.333 e. The fraction of sp³-hybridized carbons (Fsp3) is 0.474. The Hall–Kier alpha value is -2.92. The molecule has 2 saturated heterocycles. The van der Waals surface area contributed by atoms with Crippen LogP contribution in [0.2, 0.25) is 0 Å². The predicted molar refractivity (Wildman–Crippen MR) is 110 cm³/mol. The highest BCUT2D eigenvalue weighted by molar-refractivity contribution is 7.12. The summed E-state index contributed by atoms with van der Waals surface area (Å²) in [6.07, 6.45) is 1.45. The van der Waals surface area contributed by atoms with E-state index in [-0.39, 0.29) is 18.2 Å². The molecule has 2 fully saturated rings. The molecule has 30 heavy (non-hydrogen) atoms. The van der Waals surface area contributed by atoms with Gasteiger partial charge in [-0.2, -0.15) is 0 Å². The first-order valence-corrected chi connectivity index (χ1v) is 10.5. The first kappa shape index (κ1) is 20.4. The van der Waals surface area contributed by atoms with Gasteiger partial charge in [-0.3, -0.25) is 29.1 Å². The Kier molecular flexibility index (Phi) is 5.48. The SMILES string of the molecule is CN1C(=O)C2C(=NC=[N+]2CC(=O)N2CCN(CC(=O)c3cccs3)CC2)N(C)C1=O. The first-order chi connectivity index (χ1) is 14.4. The van der Waals surface area contributed by atoms with Crippen LogP contribution < -0.4 is 0 Å². The molecule has 10 nitrogen and oxygen atoms in total. The number of carbonyl (C=O) groups is 4. The van der Waals surface area contributed by atoms with Crippen molar-refractivity contribution in [1.82, 2.24) is 19.6 Å². The van der Waals surface area contributed by atoms with E-state index in [1.165, 1.54) is 29.6 Å². The van der Waals surface area contributed by atoms with E-state index < -0.39 is 18.0 Å². The summed E-state index contributed by atoms with van der Waals surface area (Å²) in [5, 5.41) is 1.89. The summed E-state index contributed by atoms with van der Waals surface area (Å²) in [5.41, 5.74) is 0. The zero-order chi connectivity index (χ0) is 21.4. The number of amides is 4. The molecule has 0 aromatic carbocycles. The van der Waals surface area contributed by atoms with Gasteiger partial charge < -0.3 is 4.90 Å². The Labute approximate surface area is 177 Å². The van der Waals surface area contributed by atoms with Crippen molar-refractivity contribution in [3.63, 3.8) is 0 Å². The second-order valence-corrected chi connectivity index (χ2v) is 8.42. The van der Waals surface area contributed by atoms with Crippen LogP contribution in [0, 0.1) is 0 Å². The summed E-state index contributed by atoms with van der Waals surface area (Å²) in [6, 6.07) is 2.49. The lowest BCUT2D eigenvalue weighted by Crippen LogP contribution is -2.62. The second-order valence-electron chi connectivity index (χ2n) is 7.47. The van der Waals surface area contributed by atoms with Crippen LogP contribution in [0.15, 0.2) is 22.5 Å². The Morgan fingerprint density at radius 3 is 2.57 bits per heavy atom. The molecule has 1 aromatic heterocycles. The fourth-order valence-corrected chi connectivity index (χ4v) is 4.46. The molecule has 4 rings (SSSR count). The maximum atomic E-state index is 12.8. The summed E-state index contributed by atoms with van der Waals surface area (Å²) < 4.78 is 1.58. The minimum Gasteiger partial charge on any atom is -0.337 e. The second kappa shape index (κ2) is 8.07. The molecule has 1 atom stereocenters. The molecule has 0 aliphatic carbocycles. The number of nitrogens with zero attached hydrogens (tertiary/aromatic N) is 6. The van der Waals surface area contributed by atoms with Crippen molar-refractivity contribution in [3.05, 3.63) is 22.4 Å². The van der Waals surface area contributed by atoms with E-state index in [4.69, 9.17) is 0 Å². The number of ketones is 1. The highest BCUT2D eigenvalue weighted by atomic mass is 32.1. The minimum atomic E-state index is -0.758. The summed E-state index contributed by atoms with van der Waals surface area (Å²) in [5.74, 6) is -0.0650. The van der Waals surface area contributed by atoms with Gasteiger partial charge in [-0.05, 0) is 16.4 Å². The van der Waals surface area contributed by atoms with E-state index in [9.17, 15) is 19.2 Å². The summed E-state index contributed by atoms with van der Waals surface area (Å²) in [6.45, 7) is 2.65. The van der Waals surface area contributed by atoms with Gasteiger partial charge in [0.05, 0.1) is 11.4 Å². The number of piperazine rings is 1. The van der Waals surface area contributed by atoms with Crippen LogP contribution in [0.5, 0.6) is 0 Å². The van der Waals surface area contributed by atoms with Crippen molar-refractivity contribution in [2.24, 2.45) is 4.99 Å². The van der Waals surface area contributed by atoms with Crippen LogP contribution in [0.1, 0.15) is 9.67 Å². The monoisotopic (exact) mass is 431 g/mol. The van der Waals surface area contributed by atoms with Crippen molar-refractivity contribution >= 4 is 47.1 Å². The third-order valence-electron chi connectivity index (χ3n) is 5.60. The summed E-state index contributed by atoms with van der Waals surface area (Å²) in [7, 11) is 2.99. The molecule has 11 heteroatoms. The first-order valence-electron chi connectivity index (χ1n) is 9.65. The zero-order valence-electron chi connectivity index (χ0n) is 16.9. The van der Waals surface area contributed by atoms with Crippen LogP contribution >= 0.6 is 11.3 Å². The predicted octanol–water partition coefficient (Wildman–Crippen LogP) is -0.580. The number of aliphatic imine (C=N–C) groups is 1. The average molecular weight is 431 g/mol. The maximum Gasteiger partial charge on any atom is 0.333 e. The highest BCUT2D eigenvalue weighted by Crippen LogP contribution is 2.17. The molecular weight excluding hydrogens is 408 g/mol. The quantitative estimate of drug-likeness (QED) is 0.459. The van der Waals surface area contributed by atoms with Crippen LogP contribution in [0.25, 0.3) is 0 Å². The summed E-state index contributed by atoms with van der Waals surface area (Å²) >= 11 is 1.44. The number of fused-ring (bicyclic) bond motifs is 1. The van der Waals surface area contributed by atoms with Gasteiger partial charge in [0.25, 0.3) is 30.0 Å². The molecule has 0 bridgehead atoms. The topological polar surface area (TPSA) is 96.6 Å². The number of amidine groups is 1. The lowest BCUT2D eigenvalue weighted by Gasteiger charge is -2.34. The van der Waals surface area contributed by atoms with Gasteiger partial charge in [-0.25, -0.2) is 9.37 Å². The molecule has 0 spiro atoms. The van der Waals surface area contributed by atoms with Gasteiger partial charge in [0.1, 0.15) is 0 Å². The number of Topliss-reactive ketones (excluding diaryl/α,β-unsaturated/α-hetero) is 1. The van der Waals surface area contributed by atoms with Crippen molar-refractivity contribution in [1.29, 1.82) is 0 Å². The Morgan fingerprint density at radius 1 is 1.17 bits per heavy atom. The largest absolute Gasteiger partial charge is 0.337 e. The zero-order valence-corrected chi connectivity index (χ0v) is 17.7. The lowest BCUT2D eigenvalue weighted by molar-refractivity contribution is -0.520. The molecule has 1 aromatic rings. The number of carbonyl (C=O) groups excluding carboxylic acids is 4. The number of rotatable bonds is 5. The van der Waals surface area contributed by atoms with Crippen molar-refractivity contribution in [2.45, 2.75) is 6.04 Å². The standard InChI is InChI=1S/C19H23N6O4S/c1-21-17-16(18(28)22(2)19(21)29)25(12-20-17)11-15(27)24-7-5-23(6-8-24)10-13(26)14-4-3-9-30-14/h3-4,9,12,16H,5-8,10-11H2,1-2H3/q+1. The van der Waals surface area contributed by atoms with Gasteiger partial charge in [0.2, 0.25) is 0 Å². The number of imide groups is 1. The van der Waals surface area contributed by atoms with Gasteiger partial charge in [-0.1, -0.05) is 6.07 Å². The Balaban J connectivity index is 1.31. The van der Waals surface area contributed by atoms with Crippen LogP contribution in [-0.4, -0.2) is 119 Å². The number of urea groups is 1. The van der Waals surface area contributed by atoms with E-state index in [1.807, 2.05) is 17.5 Å². The van der Waals surface area contributed by atoms with Crippen LogP contribution in [-0.2, 0) is 9.59 Å². The van der Waals surface area contributed by atoms with Crippen LogP contribution in [0.3, 0.4) is 0 Å². The third-order valence-corrected chi connectivity index (χ3v) is 6.51. The number of thiophene rings is 1. The fourth-order valence-electron chi connectivity index (χ4n) is 3.80. The number of hydrogen-bond donors (Lipinski definition) is 0. The van der Waals surface area contributed by atoms with Gasteiger partial charge in [0, 0.05) is 40.3 Å². The van der Waals surface area contributed by atoms with Crippen molar-refractivity contribution in [3.8, 4) is 0 Å². The Bertz CT molecular complexity index is 948. The molecule has 3 aliphatic heterocycles. The minimum absolute atomic E-state index is 0.00734. The lowest BCUT2D eigenvalue weighted by atomic mass is 10.1. The summed E-state index contributed by atoms with van der Waals surface area (Å²) in [4.78, 5) is 60.8. The maximum absolute atomic E-state index is 12.8.